The van der Waals surface area contributed by atoms with Gasteiger partial charge in [-0.15, -0.1) is 0 Å². The Bertz CT molecular complexity index is 762. The monoisotopic (exact) mass is 386 g/mol. The molecule has 1 N–H and O–H groups in total. The van der Waals surface area contributed by atoms with Crippen LogP contribution < -0.4 is 4.74 Å². The summed E-state index contributed by atoms with van der Waals surface area (Å²) >= 11 is 0. The second-order valence-corrected chi connectivity index (χ2v) is 7.39. The van der Waals surface area contributed by atoms with E-state index in [1.807, 2.05) is 25.1 Å². The molecule has 2 atom stereocenters. The summed E-state index contributed by atoms with van der Waals surface area (Å²) in [5, 5.41) is 9.41. The number of unbranched alkanes of at least 4 members (excludes halogenated alkanes) is 3. The third-order valence-electron chi connectivity index (χ3n) is 4.97. The van der Waals surface area contributed by atoms with Gasteiger partial charge in [0.2, 0.25) is 0 Å². The zero-order valence-corrected chi connectivity index (χ0v) is 17.0. The fraction of sp³-hybridized carbons (Fsp3) is 0.478. The summed E-state index contributed by atoms with van der Waals surface area (Å²) in [6.45, 7) is 9.65. The first-order valence-electron chi connectivity index (χ1n) is 9.87. The molecule has 28 heavy (non-hydrogen) atoms. The molecule has 0 spiro atoms. The minimum Gasteiger partial charge on any atom is -0.485 e. The Morgan fingerprint density at radius 2 is 2.14 bits per heavy atom. The number of rotatable bonds is 10. The van der Waals surface area contributed by atoms with Gasteiger partial charge >= 0.3 is 11.9 Å². The summed E-state index contributed by atoms with van der Waals surface area (Å²) in [6, 6.07) is 5.70. The van der Waals surface area contributed by atoms with Crippen LogP contribution in [0.5, 0.6) is 5.75 Å². The smallest absolute Gasteiger partial charge is 0.332 e. The van der Waals surface area contributed by atoms with Gasteiger partial charge in [-0.2, -0.15) is 0 Å². The molecule has 1 aliphatic rings. The standard InChI is InChI=1S/C23H30O5/c1-5-6-7-8-9-19(22(24)25)16(4)23(26)27-14-17-10-11-20-18(12-17)13-21(28-20)15(2)3/h9-12,16,21H,2,5-8,13-14H2,1,3-4H3,(H,24,25)/b19-9-/t16-,21-/m0/s1. The highest BCUT2D eigenvalue weighted by atomic mass is 16.5. The molecule has 0 saturated heterocycles. The van der Waals surface area contributed by atoms with Gasteiger partial charge in [-0.1, -0.05) is 38.5 Å². The predicted molar refractivity (Wildman–Crippen MR) is 108 cm³/mol. The normalized spacial score (nSPS) is 16.8. The summed E-state index contributed by atoms with van der Waals surface area (Å²) in [5.74, 6) is -1.56. The van der Waals surface area contributed by atoms with Crippen LogP contribution in [0.15, 0.2) is 42.0 Å². The number of ether oxygens (including phenoxy) is 2. The maximum Gasteiger partial charge on any atom is 0.332 e. The summed E-state index contributed by atoms with van der Waals surface area (Å²) < 4.78 is 11.2. The molecule has 0 amide bonds. The zero-order valence-electron chi connectivity index (χ0n) is 17.0. The van der Waals surface area contributed by atoms with Crippen molar-refractivity contribution in [1.29, 1.82) is 0 Å². The average molecular weight is 386 g/mol. The molecule has 5 nitrogen and oxygen atoms in total. The van der Waals surface area contributed by atoms with Crippen LogP contribution in [0.4, 0.5) is 0 Å². The van der Waals surface area contributed by atoms with Crippen LogP contribution in [-0.2, 0) is 27.4 Å². The number of carboxylic acid groups (broad SMARTS) is 1. The fourth-order valence-corrected chi connectivity index (χ4v) is 3.17. The predicted octanol–water partition coefficient (Wildman–Crippen LogP) is 4.84. The van der Waals surface area contributed by atoms with Crippen molar-refractivity contribution in [3.8, 4) is 5.75 Å². The summed E-state index contributed by atoms with van der Waals surface area (Å²) in [6.07, 6.45) is 6.06. The highest BCUT2D eigenvalue weighted by molar-refractivity contribution is 5.94. The lowest BCUT2D eigenvalue weighted by molar-refractivity contribution is -0.150. The highest BCUT2D eigenvalue weighted by Crippen LogP contribution is 2.32. The van der Waals surface area contributed by atoms with Crippen LogP contribution in [0, 0.1) is 5.92 Å². The minimum atomic E-state index is -1.07. The van der Waals surface area contributed by atoms with E-state index >= 15 is 0 Å². The van der Waals surface area contributed by atoms with Gasteiger partial charge in [0.1, 0.15) is 18.5 Å². The van der Waals surface area contributed by atoms with Gasteiger partial charge in [-0.05, 0) is 55.5 Å². The molecule has 1 aliphatic heterocycles. The van der Waals surface area contributed by atoms with Gasteiger partial charge in [-0.3, -0.25) is 4.79 Å². The van der Waals surface area contributed by atoms with Gasteiger partial charge in [-0.25, -0.2) is 4.79 Å². The number of carbonyl (C=O) groups excluding carboxylic acids is 1. The third-order valence-corrected chi connectivity index (χ3v) is 4.97. The van der Waals surface area contributed by atoms with Crippen molar-refractivity contribution in [2.75, 3.05) is 0 Å². The van der Waals surface area contributed by atoms with E-state index < -0.39 is 17.9 Å². The van der Waals surface area contributed by atoms with E-state index in [-0.39, 0.29) is 18.3 Å². The Labute approximate surface area is 167 Å². The summed E-state index contributed by atoms with van der Waals surface area (Å²) in [5.41, 5.74) is 3.00. The number of allylic oxidation sites excluding steroid dienone is 1. The molecule has 152 valence electrons. The molecule has 5 heteroatoms. The van der Waals surface area contributed by atoms with Crippen LogP contribution in [0.25, 0.3) is 0 Å². The molecule has 0 fully saturated rings. The molecule has 0 aromatic heterocycles. The van der Waals surface area contributed by atoms with Crippen LogP contribution in [-0.4, -0.2) is 23.1 Å². The van der Waals surface area contributed by atoms with Gasteiger partial charge in [0, 0.05) is 12.0 Å². The van der Waals surface area contributed by atoms with Crippen LogP contribution in [0.1, 0.15) is 57.6 Å². The molecular formula is C23H30O5. The van der Waals surface area contributed by atoms with Gasteiger partial charge in [0.25, 0.3) is 0 Å². The highest BCUT2D eigenvalue weighted by Gasteiger charge is 2.26. The quantitative estimate of drug-likeness (QED) is 0.270. The van der Waals surface area contributed by atoms with Gasteiger partial charge < -0.3 is 14.6 Å². The molecule has 1 heterocycles. The number of carbonyl (C=O) groups is 2. The maximum atomic E-state index is 12.4. The van der Waals surface area contributed by atoms with Gasteiger partial charge in [0.15, 0.2) is 0 Å². The Balaban J connectivity index is 1.95. The van der Waals surface area contributed by atoms with Crippen molar-refractivity contribution in [2.24, 2.45) is 5.92 Å². The van der Waals surface area contributed by atoms with Crippen molar-refractivity contribution < 1.29 is 24.2 Å². The topological polar surface area (TPSA) is 72.8 Å². The Kier molecular flexibility index (Phi) is 7.85. The lowest BCUT2D eigenvalue weighted by atomic mass is 9.99. The third kappa shape index (κ3) is 5.72. The molecule has 0 bridgehead atoms. The molecule has 0 unspecified atom stereocenters. The molecule has 1 aromatic rings. The maximum absolute atomic E-state index is 12.4. The van der Waals surface area contributed by atoms with E-state index in [2.05, 4.69) is 13.5 Å². The number of benzene rings is 1. The fourth-order valence-electron chi connectivity index (χ4n) is 3.17. The van der Waals surface area contributed by atoms with Crippen molar-refractivity contribution >= 4 is 11.9 Å². The lowest BCUT2D eigenvalue weighted by Gasteiger charge is -2.13. The first kappa shape index (κ1) is 21.7. The van der Waals surface area contributed by atoms with E-state index in [1.54, 1.807) is 13.0 Å². The molecule has 0 radical (unpaired) electrons. The van der Waals surface area contributed by atoms with E-state index in [0.717, 1.165) is 48.1 Å². The summed E-state index contributed by atoms with van der Waals surface area (Å²) in [7, 11) is 0. The van der Waals surface area contributed by atoms with Crippen molar-refractivity contribution in [1.82, 2.24) is 0 Å². The number of fused-ring (bicyclic) bond motifs is 1. The van der Waals surface area contributed by atoms with E-state index in [1.165, 1.54) is 0 Å². The molecule has 0 aliphatic carbocycles. The number of hydrogen-bond acceptors (Lipinski definition) is 4. The number of hydrogen-bond donors (Lipinski definition) is 1. The van der Waals surface area contributed by atoms with E-state index in [4.69, 9.17) is 9.47 Å². The SMILES string of the molecule is C=C(C)[C@@H]1Cc2cc(COC(=O)[C@@H](C)/C(=C/CCCCC)C(=O)O)ccc2O1. The zero-order chi connectivity index (χ0) is 20.7. The van der Waals surface area contributed by atoms with E-state index in [0.29, 0.717) is 6.42 Å². The first-order chi connectivity index (χ1) is 13.3. The van der Waals surface area contributed by atoms with Crippen LogP contribution in [0.3, 0.4) is 0 Å². The van der Waals surface area contributed by atoms with Crippen LogP contribution in [0.2, 0.25) is 0 Å². The Hall–Kier alpha value is -2.56. The molecule has 0 saturated carbocycles. The Morgan fingerprint density at radius 3 is 2.79 bits per heavy atom. The number of aliphatic carboxylic acids is 1. The molecule has 1 aromatic carbocycles. The largest absolute Gasteiger partial charge is 0.485 e. The Morgan fingerprint density at radius 1 is 1.39 bits per heavy atom. The first-order valence-corrected chi connectivity index (χ1v) is 9.87. The van der Waals surface area contributed by atoms with Gasteiger partial charge in [0.05, 0.1) is 5.92 Å². The number of carboxylic acids is 1. The van der Waals surface area contributed by atoms with Crippen molar-refractivity contribution in [2.45, 2.75) is 65.6 Å². The average Bonchev–Trinajstić information content (AvgIpc) is 3.09. The number of esters is 1. The minimum absolute atomic E-state index is 0.0104. The second kappa shape index (κ2) is 10.1. The van der Waals surface area contributed by atoms with Crippen molar-refractivity contribution in [3.05, 3.63) is 53.1 Å². The summed E-state index contributed by atoms with van der Waals surface area (Å²) in [4.78, 5) is 23.9. The van der Waals surface area contributed by atoms with Crippen LogP contribution >= 0.6 is 0 Å². The molecule has 2 rings (SSSR count). The van der Waals surface area contributed by atoms with Crippen molar-refractivity contribution in [3.63, 3.8) is 0 Å². The van der Waals surface area contributed by atoms with E-state index in [9.17, 15) is 14.7 Å². The lowest BCUT2D eigenvalue weighted by Crippen LogP contribution is -2.21. The molecular weight excluding hydrogens is 356 g/mol. The second-order valence-electron chi connectivity index (χ2n) is 7.39.